The van der Waals surface area contributed by atoms with Gasteiger partial charge in [-0.05, 0) is 68.5 Å². The Morgan fingerprint density at radius 1 is 1.18 bits per heavy atom. The third-order valence-corrected chi connectivity index (χ3v) is 8.40. The highest BCUT2D eigenvalue weighted by atomic mass is 32.2. The van der Waals surface area contributed by atoms with Crippen molar-refractivity contribution in [1.82, 2.24) is 15.0 Å². The molecule has 1 amide bonds. The Kier molecular flexibility index (Phi) is 8.08. The first kappa shape index (κ1) is 26.6. The minimum Gasteiger partial charge on any atom is -0.494 e. The van der Waals surface area contributed by atoms with E-state index in [0.717, 1.165) is 43.0 Å². The van der Waals surface area contributed by atoms with Gasteiger partial charge in [0.2, 0.25) is 0 Å². The number of hydrogen-bond acceptors (Lipinski definition) is 8. The Morgan fingerprint density at radius 2 is 1.95 bits per heavy atom. The van der Waals surface area contributed by atoms with Crippen LogP contribution < -0.4 is 15.7 Å². The quantitative estimate of drug-likeness (QED) is 0.132. The van der Waals surface area contributed by atoms with Gasteiger partial charge in [-0.2, -0.15) is 5.10 Å². The van der Waals surface area contributed by atoms with Crippen LogP contribution in [0.3, 0.4) is 0 Å². The van der Waals surface area contributed by atoms with Gasteiger partial charge in [-0.15, -0.1) is 11.3 Å². The van der Waals surface area contributed by atoms with Gasteiger partial charge in [0, 0.05) is 10.4 Å². The van der Waals surface area contributed by atoms with Crippen LogP contribution >= 0.6 is 23.1 Å². The Labute approximate surface area is 232 Å². The topological polar surface area (TPSA) is 123 Å². The number of carboxylic acids is 1. The lowest BCUT2D eigenvalue weighted by atomic mass is 9.97. The largest absolute Gasteiger partial charge is 0.494 e. The number of carbonyl (C=O) groups excluding carboxylic acids is 1. The maximum absolute atomic E-state index is 13.9. The molecule has 2 aromatic heterocycles. The molecule has 1 aliphatic rings. The predicted octanol–water partition coefficient (Wildman–Crippen LogP) is 4.67. The number of hydrogen-bond donors (Lipinski definition) is 2. The second-order valence-corrected chi connectivity index (χ2v) is 10.9. The van der Waals surface area contributed by atoms with Crippen LogP contribution in [0.25, 0.3) is 15.9 Å². The molecule has 5 rings (SSSR count). The molecule has 0 saturated heterocycles. The van der Waals surface area contributed by atoms with E-state index < -0.39 is 11.9 Å². The molecule has 2 N–H and O–H groups in total. The summed E-state index contributed by atoms with van der Waals surface area (Å²) in [4.78, 5) is 44.6. The van der Waals surface area contributed by atoms with Gasteiger partial charge in [-0.3, -0.25) is 14.2 Å². The molecule has 0 aliphatic heterocycles. The Bertz CT molecular complexity index is 1630. The number of carboxylic acid groups (broad SMARTS) is 1. The molecule has 11 heteroatoms. The smallest absolute Gasteiger partial charge is 0.336 e. The van der Waals surface area contributed by atoms with Gasteiger partial charge in [0.05, 0.1) is 35.2 Å². The zero-order chi connectivity index (χ0) is 27.4. The monoisotopic (exact) mass is 562 g/mol. The number of aromatic nitrogens is 2. The van der Waals surface area contributed by atoms with Gasteiger partial charge in [0.15, 0.2) is 5.16 Å². The van der Waals surface area contributed by atoms with E-state index in [1.807, 2.05) is 31.2 Å². The van der Waals surface area contributed by atoms with Crippen molar-refractivity contribution < 1.29 is 19.4 Å². The number of carbonyl (C=O) groups is 2. The zero-order valence-electron chi connectivity index (χ0n) is 21.2. The predicted molar refractivity (Wildman–Crippen MR) is 153 cm³/mol. The van der Waals surface area contributed by atoms with E-state index in [2.05, 4.69) is 10.5 Å². The average molecular weight is 563 g/mol. The summed E-state index contributed by atoms with van der Waals surface area (Å²) in [5.74, 6) is -0.838. The van der Waals surface area contributed by atoms with Crippen LogP contribution in [-0.2, 0) is 17.6 Å². The molecule has 200 valence electrons. The van der Waals surface area contributed by atoms with Crippen LogP contribution in [0.15, 0.2) is 63.6 Å². The van der Waals surface area contributed by atoms with Crippen molar-refractivity contribution in [3.63, 3.8) is 0 Å². The van der Waals surface area contributed by atoms with Gasteiger partial charge < -0.3 is 9.84 Å². The number of thioether (sulfide) groups is 1. The maximum atomic E-state index is 13.9. The second kappa shape index (κ2) is 11.8. The molecule has 39 heavy (non-hydrogen) atoms. The molecule has 0 fully saturated rings. The van der Waals surface area contributed by atoms with Crippen LogP contribution in [0, 0.1) is 0 Å². The molecule has 2 heterocycles. The summed E-state index contributed by atoms with van der Waals surface area (Å²) in [6.07, 6.45) is 5.27. The molecule has 0 atom stereocenters. The molecule has 0 radical (unpaired) electrons. The van der Waals surface area contributed by atoms with Crippen molar-refractivity contribution in [2.24, 2.45) is 5.10 Å². The number of fused-ring (bicyclic) bond motifs is 3. The Hall–Kier alpha value is -3.96. The summed E-state index contributed by atoms with van der Waals surface area (Å²) in [6, 6.07) is 13.6. The van der Waals surface area contributed by atoms with Crippen LogP contribution in [0.4, 0.5) is 0 Å². The van der Waals surface area contributed by atoms with Crippen LogP contribution in [-0.4, -0.2) is 45.1 Å². The number of hydrazone groups is 1. The summed E-state index contributed by atoms with van der Waals surface area (Å²) in [6.45, 7) is 2.44. The number of ether oxygens (including phenoxy) is 1. The van der Waals surface area contributed by atoms with Gasteiger partial charge in [-0.1, -0.05) is 30.0 Å². The summed E-state index contributed by atoms with van der Waals surface area (Å²) >= 11 is 2.70. The Morgan fingerprint density at radius 3 is 2.72 bits per heavy atom. The highest BCUT2D eigenvalue weighted by Gasteiger charge is 2.23. The summed E-state index contributed by atoms with van der Waals surface area (Å²) in [7, 11) is 0. The van der Waals surface area contributed by atoms with Gasteiger partial charge >= 0.3 is 5.97 Å². The van der Waals surface area contributed by atoms with E-state index in [1.165, 1.54) is 17.2 Å². The lowest BCUT2D eigenvalue weighted by Crippen LogP contribution is -2.24. The number of nitrogens with one attached hydrogen (secondary N) is 1. The van der Waals surface area contributed by atoms with Gasteiger partial charge in [0.1, 0.15) is 10.6 Å². The van der Waals surface area contributed by atoms with Crippen molar-refractivity contribution in [2.75, 3.05) is 12.4 Å². The van der Waals surface area contributed by atoms with Crippen LogP contribution in [0.2, 0.25) is 0 Å². The molecule has 4 aromatic rings. The summed E-state index contributed by atoms with van der Waals surface area (Å²) in [5.41, 5.74) is 4.48. The minimum atomic E-state index is -1.08. The number of amides is 1. The number of aryl methyl sites for hydroxylation is 2. The van der Waals surface area contributed by atoms with Gasteiger partial charge in [0.25, 0.3) is 11.5 Å². The molecule has 1 aliphatic carbocycles. The van der Waals surface area contributed by atoms with Crippen molar-refractivity contribution in [3.05, 3.63) is 80.5 Å². The van der Waals surface area contributed by atoms with Crippen molar-refractivity contribution in [1.29, 1.82) is 0 Å². The normalized spacial score (nSPS) is 12.9. The first-order valence-corrected chi connectivity index (χ1v) is 14.3. The highest BCUT2D eigenvalue weighted by Crippen LogP contribution is 2.35. The number of benzene rings is 2. The molecule has 2 aromatic carbocycles. The van der Waals surface area contributed by atoms with E-state index in [9.17, 15) is 19.5 Å². The molecular formula is C28H26N4O5S2. The third-order valence-electron chi connectivity index (χ3n) is 6.28. The van der Waals surface area contributed by atoms with E-state index >= 15 is 0 Å². The first-order valence-electron chi connectivity index (χ1n) is 12.5. The molecular weight excluding hydrogens is 536 g/mol. The third kappa shape index (κ3) is 5.74. The van der Waals surface area contributed by atoms with Crippen molar-refractivity contribution in [2.45, 2.75) is 37.8 Å². The minimum absolute atomic E-state index is 0.0437. The van der Waals surface area contributed by atoms with Crippen LogP contribution in [0.1, 0.15) is 46.1 Å². The van der Waals surface area contributed by atoms with Crippen LogP contribution in [0.5, 0.6) is 5.75 Å². The standard InChI is InChI=1S/C28H26N4O5S2/c1-2-37-19-13-11-18(12-14-19)32-26(34)24-21-9-5-6-10-22(21)39-25(24)30-28(32)38-16-23(33)31-29-15-17-7-3-4-8-20(17)27(35)36/h3-4,7-8,11-15H,2,5-6,9-10,16H2,1H3,(H,31,33)(H,35,36). The van der Waals surface area contributed by atoms with Gasteiger partial charge in [-0.25, -0.2) is 15.2 Å². The molecule has 0 spiro atoms. The van der Waals surface area contributed by atoms with Crippen molar-refractivity contribution >= 4 is 51.4 Å². The lowest BCUT2D eigenvalue weighted by Gasteiger charge is -2.14. The summed E-state index contributed by atoms with van der Waals surface area (Å²) < 4.78 is 7.11. The number of thiophene rings is 1. The fraction of sp³-hybridized carbons (Fsp3) is 0.250. The second-order valence-electron chi connectivity index (χ2n) is 8.83. The van der Waals surface area contributed by atoms with E-state index in [1.54, 1.807) is 34.1 Å². The van der Waals surface area contributed by atoms with E-state index in [0.29, 0.717) is 39.0 Å². The van der Waals surface area contributed by atoms with Crippen molar-refractivity contribution in [3.8, 4) is 11.4 Å². The average Bonchev–Trinajstić information content (AvgIpc) is 3.32. The maximum Gasteiger partial charge on any atom is 0.336 e. The van der Waals surface area contributed by atoms with E-state index in [-0.39, 0.29) is 16.9 Å². The van der Waals surface area contributed by atoms with E-state index in [4.69, 9.17) is 9.72 Å². The number of rotatable bonds is 9. The fourth-order valence-electron chi connectivity index (χ4n) is 4.51. The molecule has 0 saturated carbocycles. The Balaban J connectivity index is 1.42. The first-order chi connectivity index (χ1) is 19.0. The summed E-state index contributed by atoms with van der Waals surface area (Å²) in [5, 5.41) is 14.3. The SMILES string of the molecule is CCOc1ccc(-n2c(SCC(=O)NN=Cc3ccccc3C(=O)O)nc3sc4c(c3c2=O)CCCC4)cc1. The fourth-order valence-corrected chi connectivity index (χ4v) is 6.62. The molecule has 0 unspecified atom stereocenters. The zero-order valence-corrected chi connectivity index (χ0v) is 22.8. The number of nitrogens with zero attached hydrogens (tertiary/aromatic N) is 3. The number of aromatic carboxylic acids is 1. The lowest BCUT2D eigenvalue weighted by molar-refractivity contribution is -0.118. The molecule has 9 nitrogen and oxygen atoms in total. The highest BCUT2D eigenvalue weighted by molar-refractivity contribution is 7.99. The molecule has 0 bridgehead atoms.